The van der Waals surface area contributed by atoms with Gasteiger partial charge >= 0.3 is 0 Å². The van der Waals surface area contributed by atoms with Crippen molar-refractivity contribution in [2.24, 2.45) is 11.3 Å². The van der Waals surface area contributed by atoms with Gasteiger partial charge in [0.1, 0.15) is 0 Å². The van der Waals surface area contributed by atoms with Crippen molar-refractivity contribution in [3.05, 3.63) is 0 Å². The van der Waals surface area contributed by atoms with E-state index in [4.69, 9.17) is 9.47 Å². The van der Waals surface area contributed by atoms with Crippen molar-refractivity contribution in [1.29, 1.82) is 0 Å². The lowest BCUT2D eigenvalue weighted by Crippen LogP contribution is -2.49. The number of rotatable bonds is 7. The summed E-state index contributed by atoms with van der Waals surface area (Å²) in [4.78, 5) is 2.61. The molecule has 0 aromatic carbocycles. The molecule has 1 aliphatic heterocycles. The van der Waals surface area contributed by atoms with Crippen molar-refractivity contribution in [3.8, 4) is 0 Å². The molecule has 2 aliphatic rings. The van der Waals surface area contributed by atoms with Crippen LogP contribution in [0.5, 0.6) is 0 Å². The van der Waals surface area contributed by atoms with Gasteiger partial charge in [-0.2, -0.15) is 0 Å². The largest absolute Gasteiger partial charge is 0.383 e. The second-order valence-electron chi connectivity index (χ2n) is 6.76. The molecular formula is C16H32N2O2. The fourth-order valence-corrected chi connectivity index (χ4v) is 3.89. The number of nitrogens with zero attached hydrogens (tertiary/aromatic N) is 1. The Morgan fingerprint density at radius 1 is 1.35 bits per heavy atom. The van der Waals surface area contributed by atoms with E-state index in [-0.39, 0.29) is 0 Å². The highest BCUT2D eigenvalue weighted by molar-refractivity contribution is 4.90. The summed E-state index contributed by atoms with van der Waals surface area (Å²) in [6, 6.07) is 0. The highest BCUT2D eigenvalue weighted by Crippen LogP contribution is 2.39. The van der Waals surface area contributed by atoms with Crippen LogP contribution in [0.15, 0.2) is 0 Å². The lowest BCUT2D eigenvalue weighted by molar-refractivity contribution is 0.00167. The molecule has 1 N–H and O–H groups in total. The maximum atomic E-state index is 5.48. The first-order chi connectivity index (χ1) is 9.74. The first kappa shape index (κ1) is 16.2. The molecule has 2 fully saturated rings. The van der Waals surface area contributed by atoms with Gasteiger partial charge in [-0.1, -0.05) is 19.8 Å². The number of hydrogen-bond acceptors (Lipinski definition) is 4. The van der Waals surface area contributed by atoms with Crippen molar-refractivity contribution < 1.29 is 9.47 Å². The molecule has 0 bridgehead atoms. The van der Waals surface area contributed by atoms with Gasteiger partial charge in [-0.3, -0.25) is 4.90 Å². The monoisotopic (exact) mass is 284 g/mol. The van der Waals surface area contributed by atoms with Gasteiger partial charge in [0.2, 0.25) is 0 Å². The summed E-state index contributed by atoms with van der Waals surface area (Å²) in [6.07, 6.45) is 5.53. The van der Waals surface area contributed by atoms with Crippen LogP contribution >= 0.6 is 0 Å². The van der Waals surface area contributed by atoms with Crippen LogP contribution in [0.25, 0.3) is 0 Å². The normalized spacial score (nSPS) is 32.4. The van der Waals surface area contributed by atoms with Crippen LogP contribution in [0, 0.1) is 11.3 Å². The molecule has 2 unspecified atom stereocenters. The highest BCUT2D eigenvalue weighted by Gasteiger charge is 2.36. The van der Waals surface area contributed by atoms with Crippen molar-refractivity contribution in [2.75, 3.05) is 59.7 Å². The zero-order valence-corrected chi connectivity index (χ0v) is 13.3. The topological polar surface area (TPSA) is 33.7 Å². The van der Waals surface area contributed by atoms with Crippen LogP contribution < -0.4 is 5.32 Å². The van der Waals surface area contributed by atoms with Gasteiger partial charge in [0.25, 0.3) is 0 Å². The number of methoxy groups -OCH3 is 1. The van der Waals surface area contributed by atoms with Gasteiger partial charge in [-0.15, -0.1) is 0 Å². The fraction of sp³-hybridized carbons (Fsp3) is 1.00. The van der Waals surface area contributed by atoms with Gasteiger partial charge in [0.05, 0.1) is 19.8 Å². The summed E-state index contributed by atoms with van der Waals surface area (Å²) >= 11 is 0. The number of nitrogens with one attached hydrogen (secondary N) is 1. The summed E-state index contributed by atoms with van der Waals surface area (Å²) < 4.78 is 10.6. The van der Waals surface area contributed by atoms with Gasteiger partial charge in [0, 0.05) is 39.8 Å². The van der Waals surface area contributed by atoms with E-state index in [1.807, 2.05) is 0 Å². The summed E-state index contributed by atoms with van der Waals surface area (Å²) in [5, 5.41) is 3.62. The molecule has 118 valence electrons. The molecule has 1 heterocycles. The lowest BCUT2D eigenvalue weighted by Gasteiger charge is -2.44. The molecule has 1 saturated carbocycles. The Balaban J connectivity index is 1.88. The molecule has 0 aromatic heterocycles. The van der Waals surface area contributed by atoms with Crippen molar-refractivity contribution in [3.63, 3.8) is 0 Å². The lowest BCUT2D eigenvalue weighted by atomic mass is 9.69. The molecule has 1 saturated heterocycles. The summed E-state index contributed by atoms with van der Waals surface area (Å²) in [5.41, 5.74) is 0.461. The van der Waals surface area contributed by atoms with Crippen LogP contribution in [0.2, 0.25) is 0 Å². The quantitative estimate of drug-likeness (QED) is 0.722. The molecule has 20 heavy (non-hydrogen) atoms. The van der Waals surface area contributed by atoms with E-state index in [2.05, 4.69) is 17.1 Å². The third kappa shape index (κ3) is 4.99. The van der Waals surface area contributed by atoms with Crippen LogP contribution in [-0.2, 0) is 9.47 Å². The molecule has 2 atom stereocenters. The molecule has 2 rings (SSSR count). The Morgan fingerprint density at radius 2 is 2.15 bits per heavy atom. The van der Waals surface area contributed by atoms with Crippen LogP contribution in [0.3, 0.4) is 0 Å². The summed E-state index contributed by atoms with van der Waals surface area (Å²) in [5.74, 6) is 0.869. The molecule has 0 amide bonds. The van der Waals surface area contributed by atoms with E-state index in [0.717, 1.165) is 51.9 Å². The first-order valence-corrected chi connectivity index (χ1v) is 8.24. The molecule has 0 radical (unpaired) electrons. The van der Waals surface area contributed by atoms with Gasteiger partial charge in [0.15, 0.2) is 0 Å². The Labute approximate surface area is 124 Å². The number of hydrogen-bond donors (Lipinski definition) is 1. The minimum Gasteiger partial charge on any atom is -0.383 e. The SMILES string of the molecule is COCCNCC1(CN2CCOCC2)CCCC(C)C1. The highest BCUT2D eigenvalue weighted by atomic mass is 16.5. The third-order valence-corrected chi connectivity index (χ3v) is 4.83. The Morgan fingerprint density at radius 3 is 2.85 bits per heavy atom. The standard InChI is InChI=1S/C16H32N2O2/c1-15-4-3-5-16(12-15,13-17-6-9-19-2)14-18-7-10-20-11-8-18/h15,17H,3-14H2,1-2H3. The van der Waals surface area contributed by atoms with E-state index in [9.17, 15) is 0 Å². The van der Waals surface area contributed by atoms with Gasteiger partial charge < -0.3 is 14.8 Å². The minimum absolute atomic E-state index is 0.461. The van der Waals surface area contributed by atoms with Gasteiger partial charge in [-0.05, 0) is 24.2 Å². The van der Waals surface area contributed by atoms with Crippen LogP contribution in [0.4, 0.5) is 0 Å². The molecular weight excluding hydrogens is 252 g/mol. The number of morpholine rings is 1. The van der Waals surface area contributed by atoms with Crippen molar-refractivity contribution in [1.82, 2.24) is 10.2 Å². The summed E-state index contributed by atoms with van der Waals surface area (Å²) in [6.45, 7) is 10.6. The Kier molecular flexibility index (Phi) is 6.75. The molecule has 4 heteroatoms. The predicted octanol–water partition coefficient (Wildman–Crippen LogP) is 1.75. The average molecular weight is 284 g/mol. The van der Waals surface area contributed by atoms with E-state index in [1.54, 1.807) is 7.11 Å². The minimum atomic E-state index is 0.461. The third-order valence-electron chi connectivity index (χ3n) is 4.83. The van der Waals surface area contributed by atoms with E-state index in [0.29, 0.717) is 5.41 Å². The number of ether oxygens (including phenoxy) is 2. The molecule has 0 spiro atoms. The first-order valence-electron chi connectivity index (χ1n) is 8.24. The van der Waals surface area contributed by atoms with E-state index >= 15 is 0 Å². The van der Waals surface area contributed by atoms with Crippen LogP contribution in [0.1, 0.15) is 32.6 Å². The molecule has 1 aliphatic carbocycles. The van der Waals surface area contributed by atoms with Gasteiger partial charge in [-0.25, -0.2) is 0 Å². The second-order valence-corrected chi connectivity index (χ2v) is 6.76. The molecule has 0 aromatic rings. The summed E-state index contributed by atoms with van der Waals surface area (Å²) in [7, 11) is 1.77. The smallest absolute Gasteiger partial charge is 0.0594 e. The fourth-order valence-electron chi connectivity index (χ4n) is 3.89. The maximum Gasteiger partial charge on any atom is 0.0594 e. The average Bonchev–Trinajstić information content (AvgIpc) is 2.45. The Hall–Kier alpha value is -0.160. The predicted molar refractivity (Wildman–Crippen MR) is 82.1 cm³/mol. The zero-order chi connectivity index (χ0) is 14.3. The van der Waals surface area contributed by atoms with Crippen molar-refractivity contribution in [2.45, 2.75) is 32.6 Å². The maximum absolute atomic E-state index is 5.48. The van der Waals surface area contributed by atoms with Crippen LogP contribution in [-0.4, -0.2) is 64.6 Å². The van der Waals surface area contributed by atoms with Crippen molar-refractivity contribution >= 4 is 0 Å². The van der Waals surface area contributed by atoms with E-state index in [1.165, 1.54) is 32.2 Å². The van der Waals surface area contributed by atoms with E-state index < -0.39 is 0 Å². The zero-order valence-electron chi connectivity index (χ0n) is 13.3. The Bertz CT molecular complexity index is 269. The second kappa shape index (κ2) is 8.32. The molecule has 4 nitrogen and oxygen atoms in total.